The van der Waals surface area contributed by atoms with Crippen LogP contribution in [0.1, 0.15) is 25.3 Å². The summed E-state index contributed by atoms with van der Waals surface area (Å²) in [6, 6.07) is 5.94. The van der Waals surface area contributed by atoms with Crippen molar-refractivity contribution in [2.24, 2.45) is 0 Å². The Bertz CT molecular complexity index is 479. The van der Waals surface area contributed by atoms with Crippen LogP contribution in [0.25, 0.3) is 0 Å². The van der Waals surface area contributed by atoms with Crippen molar-refractivity contribution in [3.05, 3.63) is 34.9 Å². The molecule has 0 bridgehead atoms. The molecule has 1 atom stereocenters. The topological polar surface area (TPSA) is 69.6 Å². The number of carboxylic acids is 1. The Morgan fingerprint density at radius 2 is 2.05 bits per heavy atom. The van der Waals surface area contributed by atoms with E-state index in [9.17, 15) is 9.59 Å². The molecule has 20 heavy (non-hydrogen) atoms. The van der Waals surface area contributed by atoms with Gasteiger partial charge in [0.05, 0.1) is 0 Å². The minimum absolute atomic E-state index is 0.323. The van der Waals surface area contributed by atoms with E-state index in [-0.39, 0.29) is 0 Å². The molecule has 6 heteroatoms. The fourth-order valence-electron chi connectivity index (χ4n) is 1.76. The number of amides is 2. The Morgan fingerprint density at radius 1 is 1.40 bits per heavy atom. The molecule has 110 valence electrons. The lowest BCUT2D eigenvalue weighted by Gasteiger charge is -2.21. The number of carboxylic acid groups (broad SMARTS) is 1. The average Bonchev–Trinajstić information content (AvgIpc) is 2.40. The lowest BCUT2D eigenvalue weighted by atomic mass is 10.2. The number of carbonyl (C=O) groups is 2. The Labute approximate surface area is 123 Å². The van der Waals surface area contributed by atoms with Gasteiger partial charge in [-0.15, -0.1) is 0 Å². The molecule has 0 saturated heterocycles. The highest BCUT2D eigenvalue weighted by molar-refractivity contribution is 6.31. The van der Waals surface area contributed by atoms with Gasteiger partial charge in [0.25, 0.3) is 0 Å². The summed E-state index contributed by atoms with van der Waals surface area (Å²) in [5.41, 5.74) is 0.814. The van der Waals surface area contributed by atoms with Gasteiger partial charge in [0, 0.05) is 18.6 Å². The van der Waals surface area contributed by atoms with Crippen LogP contribution in [0.4, 0.5) is 4.79 Å². The largest absolute Gasteiger partial charge is 0.480 e. The highest BCUT2D eigenvalue weighted by Crippen LogP contribution is 2.16. The fraction of sp³-hybridized carbons (Fsp3) is 0.429. The van der Waals surface area contributed by atoms with Gasteiger partial charge in [0.15, 0.2) is 0 Å². The van der Waals surface area contributed by atoms with Crippen molar-refractivity contribution in [3.63, 3.8) is 0 Å². The molecule has 1 rings (SSSR count). The van der Waals surface area contributed by atoms with Crippen molar-refractivity contribution in [2.45, 2.75) is 32.4 Å². The molecule has 1 unspecified atom stereocenters. The Hall–Kier alpha value is -1.75. The van der Waals surface area contributed by atoms with Crippen molar-refractivity contribution in [3.8, 4) is 0 Å². The highest BCUT2D eigenvalue weighted by Gasteiger charge is 2.21. The first-order chi connectivity index (χ1) is 9.45. The first-order valence-corrected chi connectivity index (χ1v) is 6.81. The Balaban J connectivity index is 2.63. The number of carbonyl (C=O) groups excluding carboxylic acids is 1. The zero-order valence-corrected chi connectivity index (χ0v) is 12.4. The smallest absolute Gasteiger partial charge is 0.326 e. The van der Waals surface area contributed by atoms with Crippen molar-refractivity contribution in [1.82, 2.24) is 10.2 Å². The first kappa shape index (κ1) is 16.3. The van der Waals surface area contributed by atoms with Crippen molar-refractivity contribution >= 4 is 23.6 Å². The molecule has 0 aliphatic carbocycles. The number of nitrogens with one attached hydrogen (secondary N) is 1. The Morgan fingerprint density at radius 3 is 2.60 bits per heavy atom. The summed E-state index contributed by atoms with van der Waals surface area (Å²) < 4.78 is 0. The number of aliphatic carboxylic acids is 1. The van der Waals surface area contributed by atoms with Crippen LogP contribution in [0.2, 0.25) is 5.02 Å². The number of nitrogens with zero attached hydrogens (tertiary/aromatic N) is 1. The van der Waals surface area contributed by atoms with Crippen LogP contribution in [0.15, 0.2) is 24.3 Å². The second-order valence-electron chi connectivity index (χ2n) is 4.58. The van der Waals surface area contributed by atoms with Gasteiger partial charge in [-0.25, -0.2) is 9.59 Å². The number of halogens is 1. The normalized spacial score (nSPS) is 11.8. The minimum Gasteiger partial charge on any atom is -0.480 e. The Kier molecular flexibility index (Phi) is 6.31. The molecule has 5 nitrogen and oxygen atoms in total. The highest BCUT2D eigenvalue weighted by atomic mass is 35.5. The van der Waals surface area contributed by atoms with E-state index in [2.05, 4.69) is 5.32 Å². The zero-order valence-electron chi connectivity index (χ0n) is 11.6. The van der Waals surface area contributed by atoms with Crippen LogP contribution in [0.3, 0.4) is 0 Å². The van der Waals surface area contributed by atoms with E-state index in [1.54, 1.807) is 13.1 Å². The summed E-state index contributed by atoms with van der Waals surface area (Å²) in [6.45, 7) is 2.19. The average molecular weight is 299 g/mol. The lowest BCUT2D eigenvalue weighted by Crippen LogP contribution is -2.46. The standard InChI is InChI=1S/C14H19ClN2O3/c1-3-6-12(13(18)19)16-14(20)17(2)9-10-7-4-5-8-11(10)15/h4-5,7-8,12H,3,6,9H2,1-2H3,(H,16,20)(H,18,19). The number of urea groups is 1. The second kappa shape index (κ2) is 7.75. The van der Waals surface area contributed by atoms with E-state index < -0.39 is 18.0 Å². The summed E-state index contributed by atoms with van der Waals surface area (Å²) in [6.07, 6.45) is 1.09. The summed E-state index contributed by atoms with van der Waals surface area (Å²) in [5, 5.41) is 12.1. The van der Waals surface area contributed by atoms with Crippen molar-refractivity contribution < 1.29 is 14.7 Å². The van der Waals surface area contributed by atoms with Gasteiger partial charge in [0.2, 0.25) is 0 Å². The van der Waals surface area contributed by atoms with E-state index in [1.165, 1.54) is 4.90 Å². The van der Waals surface area contributed by atoms with Gasteiger partial charge in [0.1, 0.15) is 6.04 Å². The molecule has 1 aromatic rings. The second-order valence-corrected chi connectivity index (χ2v) is 4.98. The fourth-order valence-corrected chi connectivity index (χ4v) is 1.95. The zero-order chi connectivity index (χ0) is 15.1. The molecule has 0 aliphatic rings. The van der Waals surface area contributed by atoms with E-state index in [0.29, 0.717) is 24.4 Å². The maximum Gasteiger partial charge on any atom is 0.326 e. The van der Waals surface area contributed by atoms with Crippen LogP contribution < -0.4 is 5.32 Å². The molecule has 0 aromatic heterocycles. The molecule has 0 fully saturated rings. The third-order valence-corrected chi connectivity index (χ3v) is 3.25. The minimum atomic E-state index is -1.02. The predicted molar refractivity (Wildman–Crippen MR) is 77.8 cm³/mol. The molecule has 2 N–H and O–H groups in total. The van der Waals surface area contributed by atoms with E-state index in [1.807, 2.05) is 25.1 Å². The van der Waals surface area contributed by atoms with E-state index in [4.69, 9.17) is 16.7 Å². The molecular formula is C14H19ClN2O3. The van der Waals surface area contributed by atoms with Gasteiger partial charge >= 0.3 is 12.0 Å². The molecule has 0 radical (unpaired) electrons. The van der Waals surface area contributed by atoms with Crippen LogP contribution in [0, 0.1) is 0 Å². The maximum absolute atomic E-state index is 12.0. The summed E-state index contributed by atoms with van der Waals surface area (Å²) in [5.74, 6) is -1.02. The SMILES string of the molecule is CCCC(NC(=O)N(C)Cc1ccccc1Cl)C(=O)O. The third kappa shape index (κ3) is 4.74. The van der Waals surface area contributed by atoms with Gasteiger partial charge in [-0.2, -0.15) is 0 Å². The quantitative estimate of drug-likeness (QED) is 0.848. The van der Waals surface area contributed by atoms with Gasteiger partial charge in [-0.1, -0.05) is 43.1 Å². The molecule has 0 aliphatic heterocycles. The molecule has 2 amide bonds. The lowest BCUT2D eigenvalue weighted by molar-refractivity contribution is -0.139. The van der Waals surface area contributed by atoms with Crippen LogP contribution >= 0.6 is 11.6 Å². The monoisotopic (exact) mass is 298 g/mol. The number of benzene rings is 1. The third-order valence-electron chi connectivity index (χ3n) is 2.89. The molecule has 0 heterocycles. The van der Waals surface area contributed by atoms with Crippen LogP contribution in [0.5, 0.6) is 0 Å². The van der Waals surface area contributed by atoms with Crippen molar-refractivity contribution in [2.75, 3.05) is 7.05 Å². The predicted octanol–water partition coefficient (Wildman–Crippen LogP) is 2.73. The summed E-state index contributed by atoms with van der Waals surface area (Å²) >= 11 is 6.03. The number of hydrogen-bond acceptors (Lipinski definition) is 2. The first-order valence-electron chi connectivity index (χ1n) is 6.43. The number of rotatable bonds is 6. The van der Waals surface area contributed by atoms with Crippen molar-refractivity contribution in [1.29, 1.82) is 0 Å². The van der Waals surface area contributed by atoms with Gasteiger partial charge < -0.3 is 15.3 Å². The van der Waals surface area contributed by atoms with E-state index >= 15 is 0 Å². The molecule has 0 saturated carbocycles. The van der Waals surface area contributed by atoms with E-state index in [0.717, 1.165) is 5.56 Å². The van der Waals surface area contributed by atoms with Crippen LogP contribution in [-0.4, -0.2) is 35.1 Å². The number of hydrogen-bond donors (Lipinski definition) is 2. The summed E-state index contributed by atoms with van der Waals surface area (Å²) in [4.78, 5) is 24.4. The van der Waals surface area contributed by atoms with Crippen LogP contribution in [-0.2, 0) is 11.3 Å². The molecule has 0 spiro atoms. The molecule has 1 aromatic carbocycles. The van der Waals surface area contributed by atoms with Gasteiger partial charge in [-0.05, 0) is 18.1 Å². The summed E-state index contributed by atoms with van der Waals surface area (Å²) in [7, 11) is 1.60. The van der Waals surface area contributed by atoms with Gasteiger partial charge in [-0.3, -0.25) is 0 Å². The maximum atomic E-state index is 12.0. The molecular weight excluding hydrogens is 280 g/mol.